The van der Waals surface area contributed by atoms with Crippen LogP contribution in [0.1, 0.15) is 36.3 Å². The van der Waals surface area contributed by atoms with Gasteiger partial charge >= 0.3 is 12.1 Å². The van der Waals surface area contributed by atoms with Crippen LogP contribution in [0.4, 0.5) is 18.9 Å². The van der Waals surface area contributed by atoms with E-state index in [9.17, 15) is 22.8 Å². The molecule has 1 atom stereocenters. The molecule has 138 valence electrons. The summed E-state index contributed by atoms with van der Waals surface area (Å²) >= 11 is 0. The number of nitrogens with zero attached hydrogens (tertiary/aromatic N) is 2. The number of hydrogen-bond donors (Lipinski definition) is 2. The molecule has 1 aliphatic rings. The lowest BCUT2D eigenvalue weighted by atomic mass is 10.1. The summed E-state index contributed by atoms with van der Waals surface area (Å²) in [6, 6.07) is 5.57. The van der Waals surface area contributed by atoms with Crippen molar-refractivity contribution in [3.05, 3.63) is 41.7 Å². The van der Waals surface area contributed by atoms with Gasteiger partial charge in [0, 0.05) is 11.6 Å². The molecule has 1 aromatic heterocycles. The van der Waals surface area contributed by atoms with Crippen LogP contribution in [-0.4, -0.2) is 26.8 Å². The fourth-order valence-electron chi connectivity index (χ4n) is 2.80. The molecule has 0 aliphatic heterocycles. The molecule has 0 spiro atoms. The zero-order chi connectivity index (χ0) is 19.3. The predicted molar refractivity (Wildman–Crippen MR) is 86.0 cm³/mol. The Labute approximate surface area is 146 Å². The monoisotopic (exact) mass is 367 g/mol. The lowest BCUT2D eigenvalue weighted by molar-refractivity contribution is -0.143. The van der Waals surface area contributed by atoms with Gasteiger partial charge in [0.05, 0.1) is 11.9 Å². The SMILES string of the molecule is CC1(C)CC1C(=O)Nc1ccc(-n2ncc(C(=O)O)c2C(F)(F)F)cc1. The van der Waals surface area contributed by atoms with Gasteiger partial charge in [-0.05, 0) is 36.1 Å². The average Bonchev–Trinajstić information content (AvgIpc) is 2.96. The van der Waals surface area contributed by atoms with Crippen LogP contribution in [0.25, 0.3) is 5.69 Å². The first-order valence-electron chi connectivity index (χ1n) is 7.80. The molecule has 1 aromatic carbocycles. The summed E-state index contributed by atoms with van der Waals surface area (Å²) in [7, 11) is 0. The Morgan fingerprint density at radius 1 is 1.27 bits per heavy atom. The van der Waals surface area contributed by atoms with Crippen LogP contribution in [0.3, 0.4) is 0 Å². The standard InChI is InChI=1S/C17H16F3N3O3/c1-16(2)7-12(16)14(24)22-9-3-5-10(6-4-9)23-13(17(18,19)20)11(8-21-23)15(25)26/h3-6,8,12H,7H2,1-2H3,(H,22,24)(H,25,26). The maximum atomic E-state index is 13.2. The molecule has 6 nitrogen and oxygen atoms in total. The molecular formula is C17H16F3N3O3. The van der Waals surface area contributed by atoms with Crippen molar-refractivity contribution in [3.8, 4) is 5.69 Å². The number of rotatable bonds is 4. The number of carbonyl (C=O) groups is 2. The van der Waals surface area contributed by atoms with Crippen LogP contribution >= 0.6 is 0 Å². The highest BCUT2D eigenvalue weighted by molar-refractivity contribution is 5.95. The number of nitrogens with one attached hydrogen (secondary N) is 1. The fourth-order valence-corrected chi connectivity index (χ4v) is 2.80. The van der Waals surface area contributed by atoms with E-state index in [0.29, 0.717) is 16.6 Å². The molecule has 0 radical (unpaired) electrons. The summed E-state index contributed by atoms with van der Waals surface area (Å²) in [5.41, 5.74) is -1.84. The molecule has 0 bridgehead atoms. The molecule has 1 unspecified atom stereocenters. The van der Waals surface area contributed by atoms with Crippen molar-refractivity contribution in [1.82, 2.24) is 9.78 Å². The number of alkyl halides is 3. The van der Waals surface area contributed by atoms with Gasteiger partial charge in [-0.15, -0.1) is 0 Å². The number of carboxylic acids is 1. The van der Waals surface area contributed by atoms with Gasteiger partial charge in [-0.3, -0.25) is 4.79 Å². The first-order chi connectivity index (χ1) is 12.0. The lowest BCUT2D eigenvalue weighted by Gasteiger charge is -2.12. The van der Waals surface area contributed by atoms with E-state index >= 15 is 0 Å². The lowest BCUT2D eigenvalue weighted by Crippen LogP contribution is -2.18. The highest BCUT2D eigenvalue weighted by Gasteiger charge is 2.50. The van der Waals surface area contributed by atoms with Crippen molar-refractivity contribution >= 4 is 17.6 Å². The first-order valence-corrected chi connectivity index (χ1v) is 7.80. The zero-order valence-electron chi connectivity index (χ0n) is 14.0. The third-order valence-electron chi connectivity index (χ3n) is 4.48. The highest BCUT2D eigenvalue weighted by Crippen LogP contribution is 2.52. The molecular weight excluding hydrogens is 351 g/mol. The molecule has 26 heavy (non-hydrogen) atoms. The molecule has 1 saturated carbocycles. The normalized spacial score (nSPS) is 18.4. The topological polar surface area (TPSA) is 84.2 Å². The zero-order valence-corrected chi connectivity index (χ0v) is 14.0. The molecule has 0 saturated heterocycles. The Bertz CT molecular complexity index is 870. The van der Waals surface area contributed by atoms with Gasteiger partial charge in [-0.25, -0.2) is 9.48 Å². The fraction of sp³-hybridized carbons (Fsp3) is 0.353. The second kappa shape index (κ2) is 5.86. The van der Waals surface area contributed by atoms with Crippen LogP contribution in [0.2, 0.25) is 0 Å². The van der Waals surface area contributed by atoms with Gasteiger partial charge < -0.3 is 10.4 Å². The molecule has 1 amide bonds. The van der Waals surface area contributed by atoms with Crippen LogP contribution in [-0.2, 0) is 11.0 Å². The summed E-state index contributed by atoms with van der Waals surface area (Å²) in [5, 5.41) is 15.2. The number of carbonyl (C=O) groups excluding carboxylic acids is 1. The van der Waals surface area contributed by atoms with Gasteiger partial charge in [-0.2, -0.15) is 18.3 Å². The van der Waals surface area contributed by atoms with Gasteiger partial charge in [0.25, 0.3) is 0 Å². The van der Waals surface area contributed by atoms with E-state index in [1.54, 1.807) is 0 Å². The number of hydrogen-bond acceptors (Lipinski definition) is 3. The number of anilines is 1. The van der Waals surface area contributed by atoms with Gasteiger partial charge in [0.1, 0.15) is 5.56 Å². The Morgan fingerprint density at radius 3 is 2.31 bits per heavy atom. The number of halogens is 3. The quantitative estimate of drug-likeness (QED) is 0.865. The molecule has 2 N–H and O–H groups in total. The average molecular weight is 367 g/mol. The van der Waals surface area contributed by atoms with Gasteiger partial charge in [0.15, 0.2) is 5.69 Å². The molecule has 2 aromatic rings. The van der Waals surface area contributed by atoms with Crippen LogP contribution in [0.15, 0.2) is 30.5 Å². The minimum Gasteiger partial charge on any atom is -0.478 e. The van der Waals surface area contributed by atoms with E-state index in [4.69, 9.17) is 5.11 Å². The summed E-state index contributed by atoms with van der Waals surface area (Å²) in [5.74, 6) is -1.92. The summed E-state index contributed by atoms with van der Waals surface area (Å²) in [6.45, 7) is 3.97. The molecule has 9 heteroatoms. The molecule has 1 heterocycles. The molecule has 1 aliphatic carbocycles. The van der Waals surface area contributed by atoms with E-state index in [1.807, 2.05) is 13.8 Å². The Kier molecular flexibility index (Phi) is 4.05. The third-order valence-corrected chi connectivity index (χ3v) is 4.48. The smallest absolute Gasteiger partial charge is 0.434 e. The highest BCUT2D eigenvalue weighted by atomic mass is 19.4. The Hall–Kier alpha value is -2.84. The minimum atomic E-state index is -4.88. The van der Waals surface area contributed by atoms with Crippen molar-refractivity contribution in [2.75, 3.05) is 5.32 Å². The van der Waals surface area contributed by atoms with Crippen LogP contribution < -0.4 is 5.32 Å². The van der Waals surface area contributed by atoms with Gasteiger partial charge in [0.2, 0.25) is 5.91 Å². The summed E-state index contributed by atoms with van der Waals surface area (Å²) < 4.78 is 40.2. The first kappa shape index (κ1) is 18.0. The summed E-state index contributed by atoms with van der Waals surface area (Å²) in [6.07, 6.45) is -3.43. The van der Waals surface area contributed by atoms with Crippen molar-refractivity contribution in [2.45, 2.75) is 26.4 Å². The van der Waals surface area contributed by atoms with E-state index < -0.39 is 23.4 Å². The number of aromatic nitrogens is 2. The second-order valence-corrected chi connectivity index (χ2v) is 6.90. The Balaban J connectivity index is 1.85. The minimum absolute atomic E-state index is 0.0338. The summed E-state index contributed by atoms with van der Waals surface area (Å²) in [4.78, 5) is 23.1. The van der Waals surface area contributed by atoms with Crippen molar-refractivity contribution in [3.63, 3.8) is 0 Å². The van der Waals surface area contributed by atoms with E-state index in [-0.39, 0.29) is 22.9 Å². The largest absolute Gasteiger partial charge is 0.478 e. The van der Waals surface area contributed by atoms with E-state index in [1.165, 1.54) is 24.3 Å². The predicted octanol–water partition coefficient (Wildman–Crippen LogP) is 3.57. The van der Waals surface area contributed by atoms with Crippen molar-refractivity contribution in [2.24, 2.45) is 11.3 Å². The Morgan fingerprint density at radius 2 is 1.85 bits per heavy atom. The number of carboxylic acid groups (broad SMARTS) is 1. The van der Waals surface area contributed by atoms with E-state index in [2.05, 4.69) is 10.4 Å². The van der Waals surface area contributed by atoms with E-state index in [0.717, 1.165) is 6.42 Å². The van der Waals surface area contributed by atoms with Crippen LogP contribution in [0, 0.1) is 11.3 Å². The molecule has 3 rings (SSSR count). The molecule has 1 fully saturated rings. The van der Waals surface area contributed by atoms with Gasteiger partial charge in [-0.1, -0.05) is 13.8 Å². The van der Waals surface area contributed by atoms with Crippen molar-refractivity contribution in [1.29, 1.82) is 0 Å². The van der Waals surface area contributed by atoms with Crippen molar-refractivity contribution < 1.29 is 27.9 Å². The maximum Gasteiger partial charge on any atom is 0.434 e. The van der Waals surface area contributed by atoms with Crippen LogP contribution in [0.5, 0.6) is 0 Å². The second-order valence-electron chi connectivity index (χ2n) is 6.90. The third kappa shape index (κ3) is 3.29. The maximum absolute atomic E-state index is 13.2. The number of amides is 1. The number of aromatic carboxylic acids is 1. The number of benzene rings is 1.